The van der Waals surface area contributed by atoms with Gasteiger partial charge in [0, 0.05) is 10.7 Å². The number of esters is 1. The van der Waals surface area contributed by atoms with Crippen LogP contribution in [0.5, 0.6) is 11.5 Å². The summed E-state index contributed by atoms with van der Waals surface area (Å²) in [5.41, 5.74) is 0.0209. The molecule has 0 atom stereocenters. The number of carbonyl (C=O) groups is 1. The number of rotatable bonds is 6. The Hall–Kier alpha value is -1.47. The summed E-state index contributed by atoms with van der Waals surface area (Å²) in [6.07, 6.45) is 0. The molecule has 0 radical (unpaired) electrons. The number of benzene rings is 1. The number of ether oxygens (including phenoxy) is 3. The molecule has 6 nitrogen and oxygen atoms in total. The van der Waals surface area contributed by atoms with E-state index in [4.69, 9.17) is 24.9 Å². The summed E-state index contributed by atoms with van der Waals surface area (Å²) in [4.78, 5) is 11.6. The average molecular weight is 337 g/mol. The molecule has 0 N–H and O–H groups in total. The van der Waals surface area contributed by atoms with Crippen molar-refractivity contribution in [2.45, 2.75) is 18.7 Å². The van der Waals surface area contributed by atoms with E-state index < -0.39 is 15.0 Å². The number of halogens is 1. The Balaban J connectivity index is 3.33. The van der Waals surface area contributed by atoms with Crippen LogP contribution in [-0.2, 0) is 13.8 Å². The first kappa shape index (κ1) is 17.6. The number of carbonyl (C=O) groups excluding carboxylic acids is 1. The Morgan fingerprint density at radius 3 is 2.29 bits per heavy atom. The lowest BCUT2D eigenvalue weighted by atomic mass is 10.2. The third kappa shape index (κ3) is 4.50. The Bertz CT molecular complexity index is 624. The van der Waals surface area contributed by atoms with Crippen LogP contribution in [0.4, 0.5) is 0 Å². The van der Waals surface area contributed by atoms with Crippen molar-refractivity contribution in [3.63, 3.8) is 0 Å². The quantitative estimate of drug-likeness (QED) is 0.586. The first-order valence-corrected chi connectivity index (χ1v) is 8.39. The second kappa shape index (κ2) is 7.00. The predicted molar refractivity (Wildman–Crippen MR) is 77.7 cm³/mol. The fourth-order valence-electron chi connectivity index (χ4n) is 1.55. The molecule has 0 bridgehead atoms. The highest BCUT2D eigenvalue weighted by Crippen LogP contribution is 2.37. The zero-order valence-electron chi connectivity index (χ0n) is 12.2. The SMILES string of the molecule is COc1cc(C(=O)OCC(C)C)cc(S(=O)(=O)Cl)c1OC. The largest absolute Gasteiger partial charge is 0.493 e. The maximum Gasteiger partial charge on any atom is 0.338 e. The van der Waals surface area contributed by atoms with E-state index in [0.717, 1.165) is 6.07 Å². The van der Waals surface area contributed by atoms with Crippen molar-refractivity contribution >= 4 is 25.7 Å². The van der Waals surface area contributed by atoms with E-state index in [9.17, 15) is 13.2 Å². The van der Waals surface area contributed by atoms with Gasteiger partial charge in [0.1, 0.15) is 4.90 Å². The molecular weight excluding hydrogens is 320 g/mol. The van der Waals surface area contributed by atoms with Crippen molar-refractivity contribution in [3.8, 4) is 11.5 Å². The topological polar surface area (TPSA) is 78.9 Å². The Kier molecular flexibility index (Phi) is 5.86. The van der Waals surface area contributed by atoms with E-state index in [1.54, 1.807) is 0 Å². The molecule has 0 heterocycles. The first-order chi connectivity index (χ1) is 9.70. The monoisotopic (exact) mass is 336 g/mol. The van der Waals surface area contributed by atoms with Crippen LogP contribution in [0.3, 0.4) is 0 Å². The zero-order chi connectivity index (χ0) is 16.2. The van der Waals surface area contributed by atoms with Gasteiger partial charge >= 0.3 is 5.97 Å². The van der Waals surface area contributed by atoms with Crippen LogP contribution in [0.2, 0.25) is 0 Å². The van der Waals surface area contributed by atoms with Gasteiger partial charge < -0.3 is 14.2 Å². The summed E-state index contributed by atoms with van der Waals surface area (Å²) in [5.74, 6) is -0.486. The van der Waals surface area contributed by atoms with Crippen molar-refractivity contribution in [2.24, 2.45) is 5.92 Å². The van der Waals surface area contributed by atoms with E-state index >= 15 is 0 Å². The maximum absolute atomic E-state index is 11.9. The fraction of sp³-hybridized carbons (Fsp3) is 0.462. The van der Waals surface area contributed by atoms with Crippen LogP contribution in [-0.4, -0.2) is 35.2 Å². The van der Waals surface area contributed by atoms with Crippen LogP contribution in [0.15, 0.2) is 17.0 Å². The minimum Gasteiger partial charge on any atom is -0.493 e. The van der Waals surface area contributed by atoms with E-state index in [1.807, 2.05) is 13.8 Å². The van der Waals surface area contributed by atoms with Crippen molar-refractivity contribution in [1.29, 1.82) is 0 Å². The molecule has 1 aromatic rings. The average Bonchev–Trinajstić information content (AvgIpc) is 2.41. The molecule has 8 heteroatoms. The van der Waals surface area contributed by atoms with Gasteiger partial charge in [-0.3, -0.25) is 0 Å². The molecule has 0 spiro atoms. The van der Waals surface area contributed by atoms with E-state index in [0.29, 0.717) is 0 Å². The molecule has 0 aliphatic carbocycles. The first-order valence-electron chi connectivity index (χ1n) is 6.08. The van der Waals surface area contributed by atoms with Crippen molar-refractivity contribution in [3.05, 3.63) is 17.7 Å². The molecule has 0 aliphatic rings. The van der Waals surface area contributed by atoms with Crippen molar-refractivity contribution < 1.29 is 27.4 Å². The highest BCUT2D eigenvalue weighted by Gasteiger charge is 2.24. The molecule has 1 rings (SSSR count). The molecule has 0 amide bonds. The van der Waals surface area contributed by atoms with Gasteiger partial charge in [-0.05, 0) is 18.1 Å². The van der Waals surface area contributed by atoms with Gasteiger partial charge in [0.05, 0.1) is 26.4 Å². The maximum atomic E-state index is 11.9. The highest BCUT2D eigenvalue weighted by molar-refractivity contribution is 8.13. The van der Waals surface area contributed by atoms with Gasteiger partial charge in [-0.2, -0.15) is 0 Å². The van der Waals surface area contributed by atoms with E-state index in [-0.39, 0.29) is 34.5 Å². The zero-order valence-corrected chi connectivity index (χ0v) is 13.7. The van der Waals surface area contributed by atoms with E-state index in [2.05, 4.69) is 0 Å². The predicted octanol–water partition coefficient (Wildman–Crippen LogP) is 2.44. The summed E-state index contributed by atoms with van der Waals surface area (Å²) in [7, 11) is 3.86. The smallest absolute Gasteiger partial charge is 0.338 e. The lowest BCUT2D eigenvalue weighted by Gasteiger charge is -2.13. The van der Waals surface area contributed by atoms with Crippen molar-refractivity contribution in [2.75, 3.05) is 20.8 Å². The van der Waals surface area contributed by atoms with Gasteiger partial charge in [-0.1, -0.05) is 13.8 Å². The minimum absolute atomic E-state index is 0.0209. The Morgan fingerprint density at radius 2 is 1.86 bits per heavy atom. The van der Waals surface area contributed by atoms with Crippen molar-refractivity contribution in [1.82, 2.24) is 0 Å². The molecule has 0 saturated heterocycles. The molecule has 0 aromatic heterocycles. The van der Waals surface area contributed by atoms with Gasteiger partial charge in [-0.25, -0.2) is 13.2 Å². The summed E-state index contributed by atoms with van der Waals surface area (Å²) in [5, 5.41) is 0. The van der Waals surface area contributed by atoms with Crippen LogP contribution in [0, 0.1) is 5.92 Å². The Morgan fingerprint density at radius 1 is 1.24 bits per heavy atom. The van der Waals surface area contributed by atoms with Crippen LogP contribution < -0.4 is 9.47 Å². The molecule has 21 heavy (non-hydrogen) atoms. The van der Waals surface area contributed by atoms with E-state index in [1.165, 1.54) is 20.3 Å². The highest BCUT2D eigenvalue weighted by atomic mass is 35.7. The van der Waals surface area contributed by atoms with Gasteiger partial charge in [0.25, 0.3) is 9.05 Å². The molecule has 1 aromatic carbocycles. The van der Waals surface area contributed by atoms with Gasteiger partial charge in [0.15, 0.2) is 11.5 Å². The second-order valence-corrected chi connectivity index (χ2v) is 7.17. The molecular formula is C13H17ClO6S. The number of hydrogen-bond acceptors (Lipinski definition) is 6. The second-order valence-electron chi connectivity index (χ2n) is 4.64. The van der Waals surface area contributed by atoms with Crippen LogP contribution in [0.1, 0.15) is 24.2 Å². The molecule has 0 saturated carbocycles. The summed E-state index contributed by atoms with van der Waals surface area (Å²) in [6, 6.07) is 2.44. The third-order valence-electron chi connectivity index (χ3n) is 2.49. The van der Waals surface area contributed by atoms with Gasteiger partial charge in [-0.15, -0.1) is 0 Å². The minimum atomic E-state index is -4.11. The summed E-state index contributed by atoms with van der Waals surface area (Å²) < 4.78 is 38.3. The Labute approximate surface area is 128 Å². The van der Waals surface area contributed by atoms with Gasteiger partial charge in [0.2, 0.25) is 0 Å². The standard InChI is InChI=1S/C13H17ClO6S/c1-8(2)7-20-13(15)9-5-10(18-3)12(19-4)11(6-9)21(14,16)17/h5-6,8H,7H2,1-4H3. The van der Waals surface area contributed by atoms with Crippen LogP contribution >= 0.6 is 10.7 Å². The lowest BCUT2D eigenvalue weighted by Crippen LogP contribution is -2.11. The normalized spacial score (nSPS) is 11.3. The fourth-order valence-corrected chi connectivity index (χ4v) is 2.57. The number of methoxy groups -OCH3 is 2. The molecule has 0 unspecified atom stereocenters. The number of hydrogen-bond donors (Lipinski definition) is 0. The summed E-state index contributed by atoms with van der Waals surface area (Å²) in [6.45, 7) is 3.99. The summed E-state index contributed by atoms with van der Waals surface area (Å²) >= 11 is 0. The van der Waals surface area contributed by atoms with Crippen LogP contribution in [0.25, 0.3) is 0 Å². The lowest BCUT2D eigenvalue weighted by molar-refractivity contribution is 0.0458. The molecule has 118 valence electrons. The molecule has 0 aliphatic heterocycles. The third-order valence-corrected chi connectivity index (χ3v) is 3.82. The molecule has 0 fully saturated rings.